The molecule has 0 bridgehead atoms. The standard InChI is InChI=1S/C19H24N4O2/c1-25-19-6-5-15(24)10-17(19)23(9-7-19)13-14-11-21-18(22-12-14)16-4-2-3-8-20-16/h2-4,8,11-12,15,17,24H,5-7,9-10,13H2,1H3/t15-,17-,19+/m0/s1. The molecule has 1 aliphatic carbocycles. The van der Waals surface area contributed by atoms with Gasteiger partial charge in [-0.15, -0.1) is 0 Å². The van der Waals surface area contributed by atoms with Gasteiger partial charge in [0.05, 0.1) is 11.7 Å². The number of pyridine rings is 1. The van der Waals surface area contributed by atoms with E-state index in [2.05, 4.69) is 19.9 Å². The van der Waals surface area contributed by atoms with E-state index in [1.807, 2.05) is 30.6 Å². The van der Waals surface area contributed by atoms with Crippen molar-refractivity contribution in [3.8, 4) is 11.5 Å². The Hall–Kier alpha value is -1.89. The molecule has 1 saturated carbocycles. The Morgan fingerprint density at radius 3 is 2.80 bits per heavy atom. The number of aromatic nitrogens is 3. The zero-order chi connectivity index (χ0) is 17.3. The van der Waals surface area contributed by atoms with Crippen molar-refractivity contribution in [2.75, 3.05) is 13.7 Å². The molecule has 6 nitrogen and oxygen atoms in total. The largest absolute Gasteiger partial charge is 0.393 e. The van der Waals surface area contributed by atoms with Crippen molar-refractivity contribution in [1.29, 1.82) is 0 Å². The lowest BCUT2D eigenvalue weighted by Crippen LogP contribution is -2.51. The van der Waals surface area contributed by atoms with Crippen LogP contribution in [0.3, 0.4) is 0 Å². The molecule has 4 rings (SSSR count). The van der Waals surface area contributed by atoms with Gasteiger partial charge in [0.25, 0.3) is 0 Å². The number of nitrogens with zero attached hydrogens (tertiary/aromatic N) is 4. The smallest absolute Gasteiger partial charge is 0.178 e. The summed E-state index contributed by atoms with van der Waals surface area (Å²) in [5.74, 6) is 0.644. The SMILES string of the molecule is CO[C@@]12CC[C@H](O)C[C@@H]1N(Cc1cnc(-c3ccccn3)nc1)CC2. The van der Waals surface area contributed by atoms with Crippen LogP contribution in [0.2, 0.25) is 0 Å². The Balaban J connectivity index is 1.49. The third-order valence-corrected chi connectivity index (χ3v) is 5.66. The van der Waals surface area contributed by atoms with E-state index in [1.165, 1.54) is 0 Å². The van der Waals surface area contributed by atoms with E-state index in [-0.39, 0.29) is 17.7 Å². The Morgan fingerprint density at radius 2 is 2.08 bits per heavy atom. The molecule has 2 aromatic rings. The maximum Gasteiger partial charge on any atom is 0.178 e. The van der Waals surface area contributed by atoms with Crippen molar-refractivity contribution < 1.29 is 9.84 Å². The molecule has 1 aliphatic heterocycles. The van der Waals surface area contributed by atoms with E-state index < -0.39 is 0 Å². The summed E-state index contributed by atoms with van der Waals surface area (Å²) in [6, 6.07) is 5.98. The molecular formula is C19H24N4O2. The highest BCUT2D eigenvalue weighted by Gasteiger charge is 2.50. The molecular weight excluding hydrogens is 316 g/mol. The van der Waals surface area contributed by atoms with Gasteiger partial charge in [0, 0.05) is 50.4 Å². The van der Waals surface area contributed by atoms with Crippen LogP contribution in [-0.4, -0.2) is 56.4 Å². The molecule has 3 heterocycles. The van der Waals surface area contributed by atoms with Crippen LogP contribution in [0.5, 0.6) is 0 Å². The highest BCUT2D eigenvalue weighted by molar-refractivity contribution is 5.47. The Bertz CT molecular complexity index is 709. The lowest BCUT2D eigenvalue weighted by atomic mass is 9.79. The summed E-state index contributed by atoms with van der Waals surface area (Å²) in [4.78, 5) is 15.6. The number of likely N-dealkylation sites (tertiary alicyclic amines) is 1. The molecule has 0 amide bonds. The lowest BCUT2D eigenvalue weighted by molar-refractivity contribution is -0.0879. The van der Waals surface area contributed by atoms with Crippen LogP contribution in [0.4, 0.5) is 0 Å². The number of aliphatic hydroxyl groups excluding tert-OH is 1. The number of hydrogen-bond acceptors (Lipinski definition) is 6. The summed E-state index contributed by atoms with van der Waals surface area (Å²) in [6.07, 6.45) is 8.84. The van der Waals surface area contributed by atoms with Gasteiger partial charge in [-0.1, -0.05) is 6.07 Å². The number of fused-ring (bicyclic) bond motifs is 1. The zero-order valence-corrected chi connectivity index (χ0v) is 14.5. The van der Waals surface area contributed by atoms with E-state index in [0.717, 1.165) is 50.0 Å². The van der Waals surface area contributed by atoms with Crippen LogP contribution in [0, 0.1) is 0 Å². The van der Waals surface area contributed by atoms with Crippen LogP contribution in [-0.2, 0) is 11.3 Å². The van der Waals surface area contributed by atoms with Crippen molar-refractivity contribution in [1.82, 2.24) is 19.9 Å². The van der Waals surface area contributed by atoms with Gasteiger partial charge < -0.3 is 9.84 Å². The fourth-order valence-corrected chi connectivity index (χ4v) is 4.26. The van der Waals surface area contributed by atoms with Crippen molar-refractivity contribution in [3.63, 3.8) is 0 Å². The molecule has 25 heavy (non-hydrogen) atoms. The number of rotatable bonds is 4. The highest BCUT2D eigenvalue weighted by atomic mass is 16.5. The predicted molar refractivity (Wildman–Crippen MR) is 93.7 cm³/mol. The molecule has 0 spiro atoms. The first-order valence-electron chi connectivity index (χ1n) is 8.90. The van der Waals surface area contributed by atoms with E-state index >= 15 is 0 Å². The Labute approximate surface area is 147 Å². The predicted octanol–water partition coefficient (Wildman–Crippen LogP) is 2.04. The average molecular weight is 340 g/mol. The minimum Gasteiger partial charge on any atom is -0.393 e. The molecule has 2 aromatic heterocycles. The molecule has 0 aromatic carbocycles. The number of hydrogen-bond donors (Lipinski definition) is 1. The van der Waals surface area contributed by atoms with E-state index in [4.69, 9.17) is 4.74 Å². The molecule has 2 aliphatic rings. The second kappa shape index (κ2) is 6.78. The summed E-state index contributed by atoms with van der Waals surface area (Å²) in [7, 11) is 1.80. The fraction of sp³-hybridized carbons (Fsp3) is 0.526. The molecule has 1 saturated heterocycles. The van der Waals surface area contributed by atoms with Crippen molar-refractivity contribution in [2.24, 2.45) is 0 Å². The van der Waals surface area contributed by atoms with Crippen molar-refractivity contribution in [2.45, 2.75) is 50.0 Å². The van der Waals surface area contributed by atoms with Gasteiger partial charge in [0.15, 0.2) is 5.82 Å². The van der Waals surface area contributed by atoms with Crippen LogP contribution in [0.1, 0.15) is 31.2 Å². The maximum absolute atomic E-state index is 10.1. The lowest BCUT2D eigenvalue weighted by Gasteiger charge is -2.42. The molecule has 132 valence electrons. The minimum atomic E-state index is -0.225. The Morgan fingerprint density at radius 1 is 1.24 bits per heavy atom. The topological polar surface area (TPSA) is 71.4 Å². The van der Waals surface area contributed by atoms with Gasteiger partial charge in [0.1, 0.15) is 5.69 Å². The molecule has 0 unspecified atom stereocenters. The summed E-state index contributed by atoms with van der Waals surface area (Å²) >= 11 is 0. The summed E-state index contributed by atoms with van der Waals surface area (Å²) in [5.41, 5.74) is 1.75. The maximum atomic E-state index is 10.1. The zero-order valence-electron chi connectivity index (χ0n) is 14.5. The van der Waals surface area contributed by atoms with Crippen molar-refractivity contribution >= 4 is 0 Å². The van der Waals surface area contributed by atoms with Gasteiger partial charge in [-0.3, -0.25) is 9.88 Å². The summed E-state index contributed by atoms with van der Waals surface area (Å²) < 4.78 is 5.90. The number of aliphatic hydroxyl groups is 1. The second-order valence-electron chi connectivity index (χ2n) is 7.06. The third kappa shape index (κ3) is 3.17. The van der Waals surface area contributed by atoms with Gasteiger partial charge in [-0.25, -0.2) is 9.97 Å². The van der Waals surface area contributed by atoms with E-state index in [9.17, 15) is 5.11 Å². The number of ether oxygens (including phenoxy) is 1. The normalized spacial score (nSPS) is 29.5. The first kappa shape index (κ1) is 16.6. The van der Waals surface area contributed by atoms with E-state index in [1.54, 1.807) is 13.3 Å². The summed E-state index contributed by atoms with van der Waals surface area (Å²) in [5, 5.41) is 10.1. The van der Waals surface area contributed by atoms with Crippen molar-refractivity contribution in [3.05, 3.63) is 42.4 Å². The van der Waals surface area contributed by atoms with Crippen LogP contribution < -0.4 is 0 Å². The molecule has 0 radical (unpaired) electrons. The number of methoxy groups -OCH3 is 1. The Kier molecular flexibility index (Phi) is 4.50. The second-order valence-corrected chi connectivity index (χ2v) is 7.06. The first-order chi connectivity index (χ1) is 12.2. The van der Waals surface area contributed by atoms with Gasteiger partial charge >= 0.3 is 0 Å². The van der Waals surface area contributed by atoms with Crippen LogP contribution in [0.25, 0.3) is 11.5 Å². The van der Waals surface area contributed by atoms with Gasteiger partial charge in [-0.2, -0.15) is 0 Å². The first-order valence-corrected chi connectivity index (χ1v) is 8.90. The highest BCUT2D eigenvalue weighted by Crippen LogP contribution is 2.42. The molecule has 1 N–H and O–H groups in total. The van der Waals surface area contributed by atoms with Crippen LogP contribution in [0.15, 0.2) is 36.8 Å². The monoisotopic (exact) mass is 340 g/mol. The molecule has 2 fully saturated rings. The van der Waals surface area contributed by atoms with Gasteiger partial charge in [-0.05, 0) is 37.8 Å². The van der Waals surface area contributed by atoms with Crippen LogP contribution >= 0.6 is 0 Å². The quantitative estimate of drug-likeness (QED) is 0.918. The third-order valence-electron chi connectivity index (χ3n) is 5.66. The molecule has 3 atom stereocenters. The van der Waals surface area contributed by atoms with E-state index in [0.29, 0.717) is 5.82 Å². The molecule has 6 heteroatoms. The van der Waals surface area contributed by atoms with Gasteiger partial charge in [0.2, 0.25) is 0 Å². The minimum absolute atomic E-state index is 0.103. The average Bonchev–Trinajstić information content (AvgIpc) is 3.01. The fourth-order valence-electron chi connectivity index (χ4n) is 4.26. The summed E-state index contributed by atoms with van der Waals surface area (Å²) in [6.45, 7) is 1.76.